The third kappa shape index (κ3) is 4.37. The molecule has 0 saturated carbocycles. The molecule has 3 nitrogen and oxygen atoms in total. The van der Waals surface area contributed by atoms with Crippen molar-refractivity contribution in [1.82, 2.24) is 10.3 Å². The highest BCUT2D eigenvalue weighted by Crippen LogP contribution is 2.25. The Balaban J connectivity index is 1.57. The number of nitrogens with one attached hydrogen (secondary N) is 2. The van der Waals surface area contributed by atoms with Gasteiger partial charge in [0, 0.05) is 47.8 Å². The van der Waals surface area contributed by atoms with Gasteiger partial charge in [0.1, 0.15) is 0 Å². The van der Waals surface area contributed by atoms with Crippen LogP contribution in [0, 0.1) is 11.3 Å². The van der Waals surface area contributed by atoms with Crippen molar-refractivity contribution >= 4 is 28.2 Å². The average Bonchev–Trinajstić information content (AvgIpc) is 3.06. The smallest absolute Gasteiger partial charge is 0.0737 e. The zero-order valence-corrected chi connectivity index (χ0v) is 15.0. The molecule has 0 fully saturated rings. The highest BCUT2D eigenvalue weighted by molar-refractivity contribution is 6.31. The number of hydrogen-bond donors (Lipinski definition) is 2. The van der Waals surface area contributed by atoms with Crippen LogP contribution in [0.4, 0.5) is 5.69 Å². The first-order chi connectivity index (χ1) is 11.5. The number of benzene rings is 1. The van der Waals surface area contributed by atoms with E-state index < -0.39 is 0 Å². The Morgan fingerprint density at radius 1 is 1.12 bits per heavy atom. The van der Waals surface area contributed by atoms with E-state index in [1.807, 2.05) is 30.5 Å². The molecule has 0 aliphatic heterocycles. The number of nitrogens with zero attached hydrogens (tertiary/aromatic N) is 1. The molecular formula is C20H24ClN3. The highest BCUT2D eigenvalue weighted by Gasteiger charge is 2.18. The minimum absolute atomic E-state index is 0.147. The topological polar surface area (TPSA) is 37.0 Å². The number of rotatable bonds is 7. The van der Waals surface area contributed by atoms with Crippen LogP contribution in [0.3, 0.4) is 0 Å². The Labute approximate surface area is 148 Å². The summed E-state index contributed by atoms with van der Waals surface area (Å²) >= 11 is 6.05. The molecule has 0 unspecified atom stereocenters. The largest absolute Gasteiger partial charge is 0.384 e. The third-order valence-corrected chi connectivity index (χ3v) is 4.51. The van der Waals surface area contributed by atoms with Crippen molar-refractivity contribution < 1.29 is 0 Å². The number of pyridine rings is 1. The second-order valence-electron chi connectivity index (χ2n) is 7.10. The molecule has 1 aliphatic rings. The van der Waals surface area contributed by atoms with Gasteiger partial charge in [0.05, 0.1) is 5.52 Å². The molecule has 126 valence electrons. The van der Waals surface area contributed by atoms with Crippen LogP contribution in [0.2, 0.25) is 5.02 Å². The quantitative estimate of drug-likeness (QED) is 0.769. The van der Waals surface area contributed by atoms with Gasteiger partial charge in [-0.25, -0.2) is 0 Å². The Hall–Kier alpha value is -1.84. The predicted octanol–water partition coefficient (Wildman–Crippen LogP) is 4.66. The molecule has 2 N–H and O–H groups in total. The Morgan fingerprint density at radius 3 is 2.71 bits per heavy atom. The summed E-state index contributed by atoms with van der Waals surface area (Å²) in [5, 5.41) is 8.97. The minimum Gasteiger partial charge on any atom is -0.384 e. The van der Waals surface area contributed by atoms with Crippen LogP contribution in [0.25, 0.3) is 10.9 Å². The standard InChI is InChI=1S/C20H24ClN3/c1-20(2,13-22-12-15-5-3-4-6-15)14-24-18-9-10-23-19-11-16(21)7-8-17(18)19/h3-11,15,22H,12-14H2,1-2H3,(H,23,24). The maximum atomic E-state index is 6.05. The van der Waals surface area contributed by atoms with Gasteiger partial charge in [0.15, 0.2) is 0 Å². The van der Waals surface area contributed by atoms with E-state index in [1.54, 1.807) is 0 Å². The maximum Gasteiger partial charge on any atom is 0.0737 e. The summed E-state index contributed by atoms with van der Waals surface area (Å²) < 4.78 is 0. The van der Waals surface area contributed by atoms with E-state index in [1.165, 1.54) is 0 Å². The molecular weight excluding hydrogens is 318 g/mol. The van der Waals surface area contributed by atoms with Crippen molar-refractivity contribution in [3.8, 4) is 0 Å². The molecule has 4 heteroatoms. The molecule has 0 spiro atoms. The van der Waals surface area contributed by atoms with E-state index in [0.29, 0.717) is 10.9 Å². The lowest BCUT2D eigenvalue weighted by atomic mass is 9.93. The van der Waals surface area contributed by atoms with Crippen LogP contribution in [-0.4, -0.2) is 24.6 Å². The fraction of sp³-hybridized carbons (Fsp3) is 0.350. The third-order valence-electron chi connectivity index (χ3n) is 4.27. The molecule has 0 atom stereocenters. The molecule has 1 aromatic heterocycles. The molecule has 3 rings (SSSR count). The molecule has 1 heterocycles. The van der Waals surface area contributed by atoms with Crippen molar-refractivity contribution in [2.75, 3.05) is 25.0 Å². The summed E-state index contributed by atoms with van der Waals surface area (Å²) in [6.45, 7) is 7.39. The summed E-state index contributed by atoms with van der Waals surface area (Å²) in [7, 11) is 0. The van der Waals surface area contributed by atoms with Gasteiger partial charge >= 0.3 is 0 Å². The van der Waals surface area contributed by atoms with Gasteiger partial charge in [-0.15, -0.1) is 0 Å². The molecule has 1 aromatic carbocycles. The summed E-state index contributed by atoms with van der Waals surface area (Å²) in [6.07, 6.45) is 10.5. The van der Waals surface area contributed by atoms with Crippen LogP contribution in [0.5, 0.6) is 0 Å². The summed E-state index contributed by atoms with van der Waals surface area (Å²) in [5.74, 6) is 0.530. The first kappa shape index (κ1) is 17.0. The van der Waals surface area contributed by atoms with Crippen molar-refractivity contribution in [3.63, 3.8) is 0 Å². The van der Waals surface area contributed by atoms with Crippen molar-refractivity contribution in [2.24, 2.45) is 11.3 Å². The zero-order valence-electron chi connectivity index (χ0n) is 14.2. The summed E-state index contributed by atoms with van der Waals surface area (Å²) in [4.78, 5) is 4.39. The van der Waals surface area contributed by atoms with Crippen LogP contribution in [-0.2, 0) is 0 Å². The molecule has 0 saturated heterocycles. The molecule has 0 bridgehead atoms. The molecule has 24 heavy (non-hydrogen) atoms. The summed E-state index contributed by atoms with van der Waals surface area (Å²) in [5.41, 5.74) is 2.17. The zero-order chi connectivity index (χ0) is 17.0. The van der Waals surface area contributed by atoms with Crippen LogP contribution < -0.4 is 10.6 Å². The number of halogens is 1. The van der Waals surface area contributed by atoms with E-state index in [2.05, 4.69) is 53.8 Å². The van der Waals surface area contributed by atoms with Crippen molar-refractivity contribution in [2.45, 2.75) is 13.8 Å². The predicted molar refractivity (Wildman–Crippen MR) is 104 cm³/mol. The van der Waals surface area contributed by atoms with Gasteiger partial charge in [0.2, 0.25) is 0 Å². The van der Waals surface area contributed by atoms with Crippen LogP contribution in [0.15, 0.2) is 54.8 Å². The summed E-state index contributed by atoms with van der Waals surface area (Å²) in [6, 6.07) is 7.86. The highest BCUT2D eigenvalue weighted by atomic mass is 35.5. The second kappa shape index (κ2) is 7.37. The van der Waals surface area contributed by atoms with Crippen molar-refractivity contribution in [1.29, 1.82) is 0 Å². The van der Waals surface area contributed by atoms with Crippen LogP contribution in [0.1, 0.15) is 13.8 Å². The first-order valence-electron chi connectivity index (χ1n) is 8.37. The van der Waals surface area contributed by atoms with E-state index in [4.69, 9.17) is 11.6 Å². The second-order valence-corrected chi connectivity index (χ2v) is 7.54. The number of allylic oxidation sites excluding steroid dienone is 2. The van der Waals surface area contributed by atoms with Gasteiger partial charge in [-0.1, -0.05) is 49.8 Å². The lowest BCUT2D eigenvalue weighted by molar-refractivity contribution is 0.359. The fourth-order valence-electron chi connectivity index (χ4n) is 2.86. The van der Waals surface area contributed by atoms with E-state index in [-0.39, 0.29) is 5.41 Å². The molecule has 1 aliphatic carbocycles. The Morgan fingerprint density at radius 2 is 1.92 bits per heavy atom. The molecule has 0 radical (unpaired) electrons. The van der Waals surface area contributed by atoms with Gasteiger partial charge in [-0.3, -0.25) is 4.98 Å². The fourth-order valence-corrected chi connectivity index (χ4v) is 3.03. The first-order valence-corrected chi connectivity index (χ1v) is 8.75. The van der Waals surface area contributed by atoms with Gasteiger partial charge in [-0.2, -0.15) is 0 Å². The molecule has 2 aromatic rings. The van der Waals surface area contributed by atoms with Crippen LogP contribution >= 0.6 is 11.6 Å². The normalized spacial score (nSPS) is 14.6. The SMILES string of the molecule is CC(C)(CNCC1C=CC=C1)CNc1ccnc2cc(Cl)ccc12. The lowest BCUT2D eigenvalue weighted by Crippen LogP contribution is -2.36. The maximum absolute atomic E-state index is 6.05. The minimum atomic E-state index is 0.147. The number of anilines is 1. The lowest BCUT2D eigenvalue weighted by Gasteiger charge is -2.27. The average molecular weight is 342 g/mol. The molecule has 0 amide bonds. The van der Waals surface area contributed by atoms with Gasteiger partial charge in [-0.05, 0) is 29.7 Å². The Bertz CT molecular complexity index is 753. The monoisotopic (exact) mass is 341 g/mol. The number of fused-ring (bicyclic) bond motifs is 1. The number of hydrogen-bond acceptors (Lipinski definition) is 3. The van der Waals surface area contributed by atoms with Crippen molar-refractivity contribution in [3.05, 3.63) is 59.8 Å². The van der Waals surface area contributed by atoms with Gasteiger partial charge < -0.3 is 10.6 Å². The van der Waals surface area contributed by atoms with E-state index in [9.17, 15) is 0 Å². The van der Waals surface area contributed by atoms with E-state index >= 15 is 0 Å². The van der Waals surface area contributed by atoms with E-state index in [0.717, 1.165) is 36.2 Å². The van der Waals surface area contributed by atoms with Gasteiger partial charge in [0.25, 0.3) is 0 Å². The number of aromatic nitrogens is 1. The Kier molecular flexibility index (Phi) is 5.22.